The van der Waals surface area contributed by atoms with Gasteiger partial charge in [-0.1, -0.05) is 60.5 Å². The number of fused-ring (bicyclic) bond motifs is 1. The largest absolute Gasteiger partial charge is 0.491 e. The summed E-state index contributed by atoms with van der Waals surface area (Å²) in [4.78, 5) is 17.1. The summed E-state index contributed by atoms with van der Waals surface area (Å²) in [5.74, 6) is 1.88. The Morgan fingerprint density at radius 3 is 2.59 bits per heavy atom. The zero-order valence-corrected chi connectivity index (χ0v) is 20.2. The Morgan fingerprint density at radius 2 is 1.74 bits per heavy atom. The number of carbonyl (C=O) groups excluding carboxylic acids is 1. The lowest BCUT2D eigenvalue weighted by molar-refractivity contribution is 0.0953. The van der Waals surface area contributed by atoms with E-state index >= 15 is 0 Å². The molecule has 1 aromatic heterocycles. The van der Waals surface area contributed by atoms with Crippen molar-refractivity contribution in [3.05, 3.63) is 94.8 Å². The van der Waals surface area contributed by atoms with Crippen LogP contribution in [0, 0.1) is 6.92 Å². The topological polar surface area (TPSA) is 56.1 Å². The van der Waals surface area contributed by atoms with E-state index in [1.165, 1.54) is 0 Å². The lowest BCUT2D eigenvalue weighted by Gasteiger charge is -2.12. The predicted molar refractivity (Wildman–Crippen MR) is 138 cm³/mol. The fourth-order valence-electron chi connectivity index (χ4n) is 4.06. The van der Waals surface area contributed by atoms with Crippen molar-refractivity contribution in [2.75, 3.05) is 13.2 Å². The number of amides is 1. The van der Waals surface area contributed by atoms with Crippen LogP contribution >= 0.6 is 11.6 Å². The third-order valence-corrected chi connectivity index (χ3v) is 6.21. The number of aromatic nitrogens is 2. The van der Waals surface area contributed by atoms with E-state index in [1.54, 1.807) is 12.1 Å². The first-order valence-electron chi connectivity index (χ1n) is 11.8. The summed E-state index contributed by atoms with van der Waals surface area (Å²) in [6, 6.07) is 23.4. The molecule has 0 unspecified atom stereocenters. The van der Waals surface area contributed by atoms with Gasteiger partial charge < -0.3 is 14.6 Å². The van der Waals surface area contributed by atoms with Gasteiger partial charge in [0.15, 0.2) is 0 Å². The van der Waals surface area contributed by atoms with Gasteiger partial charge in [0.05, 0.1) is 28.2 Å². The molecule has 0 saturated heterocycles. The highest BCUT2D eigenvalue weighted by atomic mass is 35.5. The van der Waals surface area contributed by atoms with Gasteiger partial charge in [0.2, 0.25) is 0 Å². The van der Waals surface area contributed by atoms with E-state index in [9.17, 15) is 4.79 Å². The number of imidazole rings is 1. The normalized spacial score (nSPS) is 11.0. The minimum atomic E-state index is -0.124. The van der Waals surface area contributed by atoms with Crippen molar-refractivity contribution in [2.45, 2.75) is 39.2 Å². The molecule has 0 spiro atoms. The van der Waals surface area contributed by atoms with Crippen molar-refractivity contribution >= 4 is 28.5 Å². The van der Waals surface area contributed by atoms with Gasteiger partial charge in [-0.2, -0.15) is 0 Å². The zero-order valence-electron chi connectivity index (χ0n) is 19.5. The van der Waals surface area contributed by atoms with Gasteiger partial charge >= 0.3 is 0 Å². The number of rotatable bonds is 11. The van der Waals surface area contributed by atoms with Crippen molar-refractivity contribution in [1.29, 1.82) is 0 Å². The summed E-state index contributed by atoms with van der Waals surface area (Å²) in [7, 11) is 0. The number of hydrogen-bond donors (Lipinski definition) is 1. The fraction of sp³-hybridized carbons (Fsp3) is 0.286. The molecule has 0 fully saturated rings. The number of nitrogens with one attached hydrogen (secondary N) is 1. The number of nitrogens with zero attached hydrogens (tertiary/aromatic N) is 2. The molecule has 0 aliphatic rings. The zero-order chi connectivity index (χ0) is 23.8. The number of hydrogen-bond acceptors (Lipinski definition) is 3. The third-order valence-electron chi connectivity index (χ3n) is 5.88. The molecule has 1 heterocycles. The summed E-state index contributed by atoms with van der Waals surface area (Å²) in [5, 5.41) is 3.44. The average Bonchev–Trinajstić information content (AvgIpc) is 3.20. The van der Waals surface area contributed by atoms with E-state index in [4.69, 9.17) is 21.3 Å². The van der Waals surface area contributed by atoms with Crippen molar-refractivity contribution in [3.8, 4) is 5.75 Å². The van der Waals surface area contributed by atoms with E-state index in [1.807, 2.05) is 42.5 Å². The molecule has 4 rings (SSSR count). The Kier molecular flexibility index (Phi) is 8.21. The minimum absolute atomic E-state index is 0.124. The molecule has 0 saturated carbocycles. The molecule has 0 aliphatic carbocycles. The van der Waals surface area contributed by atoms with E-state index in [0.29, 0.717) is 23.7 Å². The molecule has 1 amide bonds. The molecule has 0 atom stereocenters. The molecule has 5 nitrogen and oxygen atoms in total. The van der Waals surface area contributed by atoms with E-state index < -0.39 is 0 Å². The Balaban J connectivity index is 1.28. The molecule has 0 bridgehead atoms. The Hall–Kier alpha value is -3.31. The van der Waals surface area contributed by atoms with Crippen LogP contribution in [0.3, 0.4) is 0 Å². The first-order chi connectivity index (χ1) is 16.6. The second-order valence-corrected chi connectivity index (χ2v) is 8.74. The highest BCUT2D eigenvalue weighted by Gasteiger charge is 2.11. The first kappa shape index (κ1) is 23.8. The number of aryl methyl sites for hydroxylation is 2. The van der Waals surface area contributed by atoms with Crippen LogP contribution in [0.15, 0.2) is 72.8 Å². The van der Waals surface area contributed by atoms with E-state index in [-0.39, 0.29) is 5.91 Å². The van der Waals surface area contributed by atoms with Gasteiger partial charge in [0.1, 0.15) is 18.2 Å². The fourth-order valence-corrected chi connectivity index (χ4v) is 4.28. The SMILES string of the molecule is Cc1ccccc1OCCn1c(CCCCCNC(=O)c2ccccc2Cl)nc2ccccc21. The van der Waals surface area contributed by atoms with Crippen LogP contribution in [-0.4, -0.2) is 28.6 Å². The molecule has 176 valence electrons. The minimum Gasteiger partial charge on any atom is -0.491 e. The number of halogens is 1. The molecule has 4 aromatic rings. The van der Waals surface area contributed by atoms with Crippen LogP contribution in [-0.2, 0) is 13.0 Å². The smallest absolute Gasteiger partial charge is 0.252 e. The number of unbranched alkanes of at least 4 members (excludes halogenated alkanes) is 2. The maximum atomic E-state index is 12.3. The summed E-state index contributed by atoms with van der Waals surface area (Å²) in [5.41, 5.74) is 3.81. The van der Waals surface area contributed by atoms with E-state index in [0.717, 1.165) is 60.4 Å². The van der Waals surface area contributed by atoms with Crippen LogP contribution in [0.4, 0.5) is 0 Å². The first-order valence-corrected chi connectivity index (χ1v) is 12.2. The second kappa shape index (κ2) is 11.7. The van der Waals surface area contributed by atoms with Crippen LogP contribution < -0.4 is 10.1 Å². The monoisotopic (exact) mass is 475 g/mol. The Morgan fingerprint density at radius 1 is 0.971 bits per heavy atom. The van der Waals surface area contributed by atoms with E-state index in [2.05, 4.69) is 35.0 Å². The van der Waals surface area contributed by atoms with Crippen LogP contribution in [0.2, 0.25) is 5.02 Å². The summed E-state index contributed by atoms with van der Waals surface area (Å²) in [6.45, 7) is 4.03. The maximum absolute atomic E-state index is 12.3. The van der Waals surface area contributed by atoms with Gasteiger partial charge in [0.25, 0.3) is 5.91 Å². The molecular weight excluding hydrogens is 446 g/mol. The van der Waals surface area contributed by atoms with Gasteiger partial charge in [-0.3, -0.25) is 4.79 Å². The Labute approximate surface area is 205 Å². The van der Waals surface area contributed by atoms with Crippen LogP contribution in [0.5, 0.6) is 5.75 Å². The van der Waals surface area contributed by atoms with Crippen molar-refractivity contribution in [2.24, 2.45) is 0 Å². The average molecular weight is 476 g/mol. The van der Waals surface area contributed by atoms with Gasteiger partial charge in [-0.25, -0.2) is 4.98 Å². The van der Waals surface area contributed by atoms with Crippen LogP contribution in [0.25, 0.3) is 11.0 Å². The standard InChI is InChI=1S/C28H30ClN3O2/c1-21-11-4-9-16-26(21)34-20-19-32-25-15-8-7-14-24(25)31-27(32)17-3-2-10-18-30-28(33)22-12-5-6-13-23(22)29/h4-9,11-16H,2-3,10,17-20H2,1H3,(H,30,33). The lowest BCUT2D eigenvalue weighted by atomic mass is 10.1. The van der Waals surface area contributed by atoms with Crippen molar-refractivity contribution in [1.82, 2.24) is 14.9 Å². The number of carbonyl (C=O) groups is 1. The lowest BCUT2D eigenvalue weighted by Crippen LogP contribution is -2.24. The molecule has 0 radical (unpaired) electrons. The van der Waals surface area contributed by atoms with Gasteiger partial charge in [-0.15, -0.1) is 0 Å². The summed E-state index contributed by atoms with van der Waals surface area (Å²) >= 11 is 6.10. The molecule has 34 heavy (non-hydrogen) atoms. The number of ether oxygens (including phenoxy) is 1. The van der Waals surface area contributed by atoms with Crippen molar-refractivity contribution in [3.63, 3.8) is 0 Å². The van der Waals surface area contributed by atoms with Gasteiger partial charge in [-0.05, 0) is 55.7 Å². The highest BCUT2D eigenvalue weighted by molar-refractivity contribution is 6.33. The Bertz CT molecular complexity index is 1250. The van der Waals surface area contributed by atoms with Crippen molar-refractivity contribution < 1.29 is 9.53 Å². The molecular formula is C28H30ClN3O2. The molecule has 6 heteroatoms. The molecule has 0 aliphatic heterocycles. The maximum Gasteiger partial charge on any atom is 0.252 e. The molecule has 1 N–H and O–H groups in total. The predicted octanol–water partition coefficient (Wildman–Crippen LogP) is 6.22. The summed E-state index contributed by atoms with van der Waals surface area (Å²) in [6.07, 6.45) is 3.81. The summed E-state index contributed by atoms with van der Waals surface area (Å²) < 4.78 is 8.31. The number of benzene rings is 3. The number of para-hydroxylation sites is 3. The molecule has 3 aromatic carbocycles. The quantitative estimate of drug-likeness (QED) is 0.262. The highest BCUT2D eigenvalue weighted by Crippen LogP contribution is 2.20. The van der Waals surface area contributed by atoms with Gasteiger partial charge in [0, 0.05) is 13.0 Å². The third kappa shape index (κ3) is 5.97. The second-order valence-electron chi connectivity index (χ2n) is 8.33. The van der Waals surface area contributed by atoms with Crippen LogP contribution in [0.1, 0.15) is 41.0 Å².